The van der Waals surface area contributed by atoms with Crippen LogP contribution in [0.2, 0.25) is 0 Å². The Kier molecular flexibility index (Phi) is 6.32. The van der Waals surface area contributed by atoms with Crippen molar-refractivity contribution in [1.82, 2.24) is 5.32 Å². The van der Waals surface area contributed by atoms with Crippen LogP contribution in [-0.4, -0.2) is 40.5 Å². The summed E-state index contributed by atoms with van der Waals surface area (Å²) < 4.78 is 0. The van der Waals surface area contributed by atoms with Crippen LogP contribution < -0.4 is 5.32 Å². The molecule has 6 nitrogen and oxygen atoms in total. The van der Waals surface area contributed by atoms with Crippen molar-refractivity contribution in [3.63, 3.8) is 0 Å². The number of nitrogens with one attached hydrogen (secondary N) is 1. The first kappa shape index (κ1) is 14.6. The zero-order chi connectivity index (χ0) is 12.7. The minimum atomic E-state index is -1.27. The van der Waals surface area contributed by atoms with Gasteiger partial charge in [0.1, 0.15) is 11.8 Å². The molecule has 0 bridgehead atoms. The van der Waals surface area contributed by atoms with E-state index in [9.17, 15) is 14.4 Å². The van der Waals surface area contributed by atoms with E-state index in [0.29, 0.717) is 6.54 Å². The summed E-state index contributed by atoms with van der Waals surface area (Å²) in [6.45, 7) is 3.63. The van der Waals surface area contributed by atoms with Gasteiger partial charge < -0.3 is 15.5 Å². The summed E-state index contributed by atoms with van der Waals surface area (Å²) >= 11 is 0. The van der Waals surface area contributed by atoms with Gasteiger partial charge in [0.15, 0.2) is 0 Å². The van der Waals surface area contributed by atoms with Crippen molar-refractivity contribution in [3.05, 3.63) is 0 Å². The molecule has 0 aliphatic heterocycles. The maximum Gasteiger partial charge on any atom is 0.321 e. The van der Waals surface area contributed by atoms with E-state index in [-0.39, 0.29) is 18.6 Å². The molecule has 0 saturated carbocycles. The first-order valence-electron chi connectivity index (χ1n) is 5.14. The van der Waals surface area contributed by atoms with Crippen LogP contribution in [0.1, 0.15) is 26.7 Å². The zero-order valence-corrected chi connectivity index (χ0v) is 9.40. The average molecular weight is 231 g/mol. The van der Waals surface area contributed by atoms with Crippen molar-refractivity contribution >= 4 is 17.7 Å². The molecular formula is C10H17NO5. The summed E-state index contributed by atoms with van der Waals surface area (Å²) in [6.07, 6.45) is -0.0436. The molecule has 0 saturated heterocycles. The van der Waals surface area contributed by atoms with Crippen LogP contribution in [0.25, 0.3) is 0 Å². The lowest BCUT2D eigenvalue weighted by Gasteiger charge is -2.20. The molecule has 92 valence electrons. The number of rotatable bonds is 8. The van der Waals surface area contributed by atoms with Crippen molar-refractivity contribution in [2.24, 2.45) is 5.92 Å². The summed E-state index contributed by atoms with van der Waals surface area (Å²) in [4.78, 5) is 33.0. The Morgan fingerprint density at radius 1 is 1.12 bits per heavy atom. The summed E-state index contributed by atoms with van der Waals surface area (Å²) in [7, 11) is 0. The third-order valence-electron chi connectivity index (χ3n) is 2.25. The Labute approximate surface area is 93.6 Å². The Bertz CT molecular complexity index is 276. The van der Waals surface area contributed by atoms with Crippen LogP contribution in [-0.2, 0) is 14.4 Å². The fraction of sp³-hybridized carbons (Fsp3) is 0.700. The van der Waals surface area contributed by atoms with Gasteiger partial charge in [0, 0.05) is 12.8 Å². The molecule has 0 aliphatic rings. The number of hydrogen-bond donors (Lipinski definition) is 3. The summed E-state index contributed by atoms with van der Waals surface area (Å²) in [5.74, 6) is -3.99. The van der Waals surface area contributed by atoms with Gasteiger partial charge in [-0.3, -0.25) is 14.4 Å². The number of hydrogen-bond acceptors (Lipinski definition) is 4. The smallest absolute Gasteiger partial charge is 0.321 e. The van der Waals surface area contributed by atoms with Crippen molar-refractivity contribution in [2.45, 2.75) is 32.7 Å². The van der Waals surface area contributed by atoms with Gasteiger partial charge in [0.25, 0.3) is 0 Å². The number of carboxylic acids is 2. The highest BCUT2D eigenvalue weighted by molar-refractivity contribution is 5.88. The second kappa shape index (κ2) is 6.95. The van der Waals surface area contributed by atoms with Crippen LogP contribution >= 0.6 is 0 Å². The highest BCUT2D eigenvalue weighted by Crippen LogP contribution is 2.12. The Morgan fingerprint density at radius 3 is 2.00 bits per heavy atom. The van der Waals surface area contributed by atoms with Crippen LogP contribution in [0.5, 0.6) is 0 Å². The number of carbonyl (C=O) groups excluding carboxylic acids is 1. The van der Waals surface area contributed by atoms with Crippen molar-refractivity contribution in [3.8, 4) is 0 Å². The maximum atomic E-state index is 11.2. The number of ketones is 1. The molecule has 0 aromatic rings. The van der Waals surface area contributed by atoms with Gasteiger partial charge in [0.2, 0.25) is 0 Å². The number of carbonyl (C=O) groups is 3. The molecule has 6 heteroatoms. The van der Waals surface area contributed by atoms with Crippen molar-refractivity contribution in [1.29, 1.82) is 0 Å². The molecule has 0 rings (SSSR count). The second-order valence-electron chi connectivity index (χ2n) is 3.41. The monoisotopic (exact) mass is 231 g/mol. The first-order valence-corrected chi connectivity index (χ1v) is 5.14. The van der Waals surface area contributed by atoms with E-state index in [0.717, 1.165) is 0 Å². The van der Waals surface area contributed by atoms with Gasteiger partial charge in [0.05, 0.1) is 5.92 Å². The average Bonchev–Trinajstić information content (AvgIpc) is 2.22. The Morgan fingerprint density at radius 2 is 1.69 bits per heavy atom. The molecule has 0 heterocycles. The lowest BCUT2D eigenvalue weighted by molar-refractivity contribution is -0.152. The van der Waals surface area contributed by atoms with Gasteiger partial charge in [-0.15, -0.1) is 0 Å². The molecule has 2 unspecified atom stereocenters. The highest BCUT2D eigenvalue weighted by atomic mass is 16.4. The number of aliphatic carboxylic acids is 2. The zero-order valence-electron chi connectivity index (χ0n) is 9.40. The minimum Gasteiger partial charge on any atom is -0.481 e. The number of likely N-dealkylation sites (N-methyl/N-ethyl adjacent to an activating group) is 1. The molecular weight excluding hydrogens is 214 g/mol. The topological polar surface area (TPSA) is 104 Å². The van der Waals surface area contributed by atoms with Crippen LogP contribution in [0.3, 0.4) is 0 Å². The van der Waals surface area contributed by atoms with E-state index in [1.807, 2.05) is 0 Å². The van der Waals surface area contributed by atoms with Gasteiger partial charge in [-0.1, -0.05) is 13.8 Å². The van der Waals surface area contributed by atoms with E-state index in [2.05, 4.69) is 5.32 Å². The maximum absolute atomic E-state index is 11.2. The lowest BCUT2D eigenvalue weighted by Crippen LogP contribution is -2.46. The molecule has 0 spiro atoms. The van der Waals surface area contributed by atoms with Gasteiger partial charge in [-0.2, -0.15) is 0 Å². The van der Waals surface area contributed by atoms with Crippen LogP contribution in [0, 0.1) is 5.92 Å². The Balaban J connectivity index is 4.77. The van der Waals surface area contributed by atoms with Gasteiger partial charge in [-0.05, 0) is 6.54 Å². The summed E-state index contributed by atoms with van der Waals surface area (Å²) in [6, 6.07) is -1.22. The summed E-state index contributed by atoms with van der Waals surface area (Å²) in [5, 5.41) is 20.3. The van der Waals surface area contributed by atoms with Crippen LogP contribution in [0.15, 0.2) is 0 Å². The first-order chi connectivity index (χ1) is 7.43. The normalized spacial score (nSPS) is 14.1. The molecule has 16 heavy (non-hydrogen) atoms. The van der Waals surface area contributed by atoms with Crippen molar-refractivity contribution in [2.75, 3.05) is 6.54 Å². The van der Waals surface area contributed by atoms with E-state index in [4.69, 9.17) is 10.2 Å². The molecule has 0 aliphatic carbocycles. The fourth-order valence-corrected chi connectivity index (χ4v) is 1.36. The molecule has 0 aromatic carbocycles. The van der Waals surface area contributed by atoms with E-state index >= 15 is 0 Å². The molecule has 0 radical (unpaired) electrons. The highest BCUT2D eigenvalue weighted by Gasteiger charge is 2.34. The predicted octanol–water partition coefficient (Wildman–Crippen LogP) is 0.119. The molecule has 0 amide bonds. The number of carboxylic acid groups (broad SMARTS) is 2. The standard InChI is InChI=1S/C10H17NO5/c1-3-6(12)5-7(9(13)14)8(10(15)16)11-4-2/h7-8,11H,3-5H2,1-2H3,(H,13,14)(H,15,16). The molecule has 2 atom stereocenters. The molecule has 3 N–H and O–H groups in total. The van der Waals surface area contributed by atoms with Gasteiger partial charge >= 0.3 is 11.9 Å². The van der Waals surface area contributed by atoms with Crippen LogP contribution in [0.4, 0.5) is 0 Å². The van der Waals surface area contributed by atoms with Crippen molar-refractivity contribution < 1.29 is 24.6 Å². The van der Waals surface area contributed by atoms with E-state index in [1.54, 1.807) is 13.8 Å². The van der Waals surface area contributed by atoms with E-state index < -0.39 is 23.9 Å². The lowest BCUT2D eigenvalue weighted by atomic mass is 9.93. The largest absolute Gasteiger partial charge is 0.481 e. The Hall–Kier alpha value is -1.43. The third-order valence-corrected chi connectivity index (χ3v) is 2.25. The third kappa shape index (κ3) is 4.39. The molecule has 0 fully saturated rings. The quantitative estimate of drug-likeness (QED) is 0.548. The predicted molar refractivity (Wildman–Crippen MR) is 56.1 cm³/mol. The van der Waals surface area contributed by atoms with Gasteiger partial charge in [-0.25, -0.2) is 0 Å². The minimum absolute atomic E-state index is 0.211. The van der Waals surface area contributed by atoms with E-state index in [1.165, 1.54) is 0 Å². The number of Topliss-reactive ketones (excluding diaryl/α,β-unsaturated/α-hetero) is 1. The second-order valence-corrected chi connectivity index (χ2v) is 3.41. The summed E-state index contributed by atoms with van der Waals surface area (Å²) in [5.41, 5.74) is 0. The molecule has 0 aromatic heterocycles. The fourth-order valence-electron chi connectivity index (χ4n) is 1.36. The SMILES string of the molecule is CCNC(C(=O)O)C(CC(=O)CC)C(=O)O.